The Hall–Kier alpha value is -2.74. The first-order valence-electron chi connectivity index (χ1n) is 8.96. The number of pyridine rings is 1. The van der Waals surface area contributed by atoms with Crippen LogP contribution in [0, 0.1) is 6.92 Å². The van der Waals surface area contributed by atoms with Crippen molar-refractivity contribution in [1.29, 1.82) is 0 Å². The van der Waals surface area contributed by atoms with Crippen LogP contribution in [-0.2, 0) is 6.54 Å². The Balaban J connectivity index is 1.59. The summed E-state index contributed by atoms with van der Waals surface area (Å²) >= 11 is 1.59. The van der Waals surface area contributed by atoms with Crippen LogP contribution in [0.5, 0.6) is 0 Å². The van der Waals surface area contributed by atoms with Crippen molar-refractivity contribution in [2.45, 2.75) is 32.2 Å². The normalized spacial score (nSPS) is 17.2. The van der Waals surface area contributed by atoms with Crippen LogP contribution in [0.15, 0.2) is 35.4 Å². The van der Waals surface area contributed by atoms with Crippen molar-refractivity contribution >= 4 is 23.1 Å². The fourth-order valence-corrected chi connectivity index (χ4v) is 4.19. The second-order valence-corrected chi connectivity index (χ2v) is 7.53. The van der Waals surface area contributed by atoms with Gasteiger partial charge in [0.05, 0.1) is 17.7 Å². The van der Waals surface area contributed by atoms with Gasteiger partial charge in [0.25, 0.3) is 0 Å². The largest absolute Gasteiger partial charge is 0.478 e. The van der Waals surface area contributed by atoms with Gasteiger partial charge in [-0.1, -0.05) is 0 Å². The predicted molar refractivity (Wildman–Crippen MR) is 104 cm³/mol. The Kier molecular flexibility index (Phi) is 4.89. The highest BCUT2D eigenvalue weighted by molar-refractivity contribution is 7.07. The number of carboxylic acid groups (broad SMARTS) is 1. The number of nitrogens with zero attached hydrogens (tertiary/aromatic N) is 5. The van der Waals surface area contributed by atoms with Crippen molar-refractivity contribution in [3.8, 4) is 0 Å². The summed E-state index contributed by atoms with van der Waals surface area (Å²) in [6, 6.07) is 3.39. The maximum absolute atomic E-state index is 11.6. The van der Waals surface area contributed by atoms with E-state index in [9.17, 15) is 9.90 Å². The lowest BCUT2D eigenvalue weighted by atomic mass is 9.96. The zero-order valence-corrected chi connectivity index (χ0v) is 15.9. The van der Waals surface area contributed by atoms with Crippen molar-refractivity contribution in [3.05, 3.63) is 58.2 Å². The molecular formula is C19H21N5O2S. The second kappa shape index (κ2) is 7.48. The number of anilines is 1. The van der Waals surface area contributed by atoms with Gasteiger partial charge in [-0.3, -0.25) is 0 Å². The second-order valence-electron chi connectivity index (χ2n) is 6.81. The molecule has 1 atom stereocenters. The van der Waals surface area contributed by atoms with Gasteiger partial charge in [-0.15, -0.1) is 11.3 Å². The number of piperidine rings is 1. The summed E-state index contributed by atoms with van der Waals surface area (Å²) in [6.07, 6.45) is 5.82. The molecule has 1 N–H and O–H groups in total. The highest BCUT2D eigenvalue weighted by Gasteiger charge is 2.28. The molecule has 3 aromatic rings. The first kappa shape index (κ1) is 17.7. The molecule has 0 radical (unpaired) electrons. The van der Waals surface area contributed by atoms with Gasteiger partial charge in [-0.2, -0.15) is 0 Å². The van der Waals surface area contributed by atoms with Gasteiger partial charge in [0.2, 0.25) is 0 Å². The number of carbonyl (C=O) groups is 1. The highest BCUT2D eigenvalue weighted by atomic mass is 32.1. The molecule has 0 spiro atoms. The van der Waals surface area contributed by atoms with Crippen molar-refractivity contribution in [2.24, 2.45) is 0 Å². The van der Waals surface area contributed by atoms with Crippen LogP contribution in [0.4, 0.5) is 5.82 Å². The molecule has 0 saturated carbocycles. The van der Waals surface area contributed by atoms with Crippen LogP contribution in [0.2, 0.25) is 0 Å². The number of aryl methyl sites for hydroxylation is 1. The third-order valence-electron chi connectivity index (χ3n) is 4.89. The topological polar surface area (TPSA) is 84.1 Å². The summed E-state index contributed by atoms with van der Waals surface area (Å²) in [5, 5.41) is 11.6. The molecule has 1 aliphatic heterocycles. The monoisotopic (exact) mass is 383 g/mol. The molecule has 1 saturated heterocycles. The Morgan fingerprint density at radius 2 is 2.26 bits per heavy atom. The van der Waals surface area contributed by atoms with Gasteiger partial charge in [0, 0.05) is 42.5 Å². The molecule has 1 unspecified atom stereocenters. The van der Waals surface area contributed by atoms with Crippen LogP contribution < -0.4 is 4.90 Å². The van der Waals surface area contributed by atoms with E-state index in [1.807, 2.05) is 30.2 Å². The summed E-state index contributed by atoms with van der Waals surface area (Å²) < 4.78 is 2.14. The highest BCUT2D eigenvalue weighted by Crippen LogP contribution is 2.30. The van der Waals surface area contributed by atoms with Gasteiger partial charge in [0.15, 0.2) is 0 Å². The average Bonchev–Trinajstić information content (AvgIpc) is 3.34. The lowest BCUT2D eigenvalue weighted by Crippen LogP contribution is -2.37. The fraction of sp³-hybridized carbons (Fsp3) is 0.368. The van der Waals surface area contributed by atoms with Crippen LogP contribution >= 0.6 is 11.3 Å². The molecule has 0 aromatic carbocycles. The summed E-state index contributed by atoms with van der Waals surface area (Å²) in [4.78, 5) is 27.2. The van der Waals surface area contributed by atoms with Crippen LogP contribution in [0.25, 0.3) is 0 Å². The van der Waals surface area contributed by atoms with Crippen LogP contribution in [0.3, 0.4) is 0 Å². The number of aromatic carboxylic acids is 1. The van der Waals surface area contributed by atoms with Crippen molar-refractivity contribution < 1.29 is 9.90 Å². The quantitative estimate of drug-likeness (QED) is 0.728. The summed E-state index contributed by atoms with van der Waals surface area (Å²) in [5.41, 5.74) is 3.94. The van der Waals surface area contributed by atoms with Gasteiger partial charge < -0.3 is 14.6 Å². The van der Waals surface area contributed by atoms with Gasteiger partial charge in [-0.25, -0.2) is 19.7 Å². The van der Waals surface area contributed by atoms with Crippen molar-refractivity contribution in [2.75, 3.05) is 18.0 Å². The molecule has 0 bridgehead atoms. The Morgan fingerprint density at radius 3 is 3.04 bits per heavy atom. The third kappa shape index (κ3) is 3.71. The van der Waals surface area contributed by atoms with E-state index >= 15 is 0 Å². The number of hydrogen-bond donors (Lipinski definition) is 1. The standard InChI is InChI=1S/C19H21N5O2S/c1-13-4-5-16(19(25)26)18(22-13)23-7-2-3-14(9-23)17-20-6-8-24(17)10-15-11-27-12-21-15/h4-6,8,11-12,14H,2-3,7,9-10H2,1H3,(H,25,26). The minimum atomic E-state index is -0.940. The van der Waals surface area contributed by atoms with E-state index in [0.717, 1.165) is 36.6 Å². The van der Waals surface area contributed by atoms with E-state index < -0.39 is 5.97 Å². The summed E-state index contributed by atoms with van der Waals surface area (Å²) in [6.45, 7) is 4.11. The minimum Gasteiger partial charge on any atom is -0.478 e. The van der Waals surface area contributed by atoms with Crippen molar-refractivity contribution in [3.63, 3.8) is 0 Å². The molecule has 140 valence electrons. The Morgan fingerprint density at radius 1 is 1.37 bits per heavy atom. The molecule has 0 amide bonds. The molecule has 4 rings (SSSR count). The lowest BCUT2D eigenvalue weighted by molar-refractivity contribution is 0.0697. The first-order valence-corrected chi connectivity index (χ1v) is 9.90. The molecule has 3 aromatic heterocycles. The van der Waals surface area contributed by atoms with E-state index in [0.29, 0.717) is 18.9 Å². The molecule has 0 aliphatic carbocycles. The molecule has 8 heteroatoms. The molecular weight excluding hydrogens is 362 g/mol. The number of aromatic nitrogens is 4. The molecule has 1 fully saturated rings. The number of thiazole rings is 1. The van der Waals surface area contributed by atoms with E-state index in [1.165, 1.54) is 0 Å². The van der Waals surface area contributed by atoms with Crippen LogP contribution in [-0.4, -0.2) is 43.7 Å². The summed E-state index contributed by atoms with van der Waals surface area (Å²) in [5.74, 6) is 0.878. The predicted octanol–water partition coefficient (Wildman–Crippen LogP) is 3.17. The van der Waals surface area contributed by atoms with Gasteiger partial charge in [-0.05, 0) is 31.9 Å². The SMILES string of the molecule is Cc1ccc(C(=O)O)c(N2CCCC(c3nccn3Cc3cscn3)C2)n1. The maximum atomic E-state index is 11.6. The molecule has 1 aliphatic rings. The molecule has 7 nitrogen and oxygen atoms in total. The zero-order chi connectivity index (χ0) is 18.8. The van der Waals surface area contributed by atoms with Crippen molar-refractivity contribution in [1.82, 2.24) is 19.5 Å². The number of imidazole rings is 1. The Bertz CT molecular complexity index is 937. The molecule has 4 heterocycles. The number of rotatable bonds is 5. The Labute approximate surface area is 161 Å². The third-order valence-corrected chi connectivity index (χ3v) is 5.53. The minimum absolute atomic E-state index is 0.233. The molecule has 27 heavy (non-hydrogen) atoms. The van der Waals surface area contributed by atoms with E-state index in [4.69, 9.17) is 0 Å². The van der Waals surface area contributed by atoms with Gasteiger partial charge in [0.1, 0.15) is 17.2 Å². The van der Waals surface area contributed by atoms with E-state index in [2.05, 4.69) is 24.4 Å². The van der Waals surface area contributed by atoms with Crippen LogP contribution in [0.1, 0.15) is 46.3 Å². The van der Waals surface area contributed by atoms with E-state index in [1.54, 1.807) is 23.5 Å². The first-order chi connectivity index (χ1) is 13.1. The lowest BCUT2D eigenvalue weighted by Gasteiger charge is -2.34. The zero-order valence-electron chi connectivity index (χ0n) is 15.1. The fourth-order valence-electron chi connectivity index (χ4n) is 3.64. The number of carboxylic acids is 1. The smallest absolute Gasteiger partial charge is 0.339 e. The number of hydrogen-bond acceptors (Lipinski definition) is 6. The maximum Gasteiger partial charge on any atom is 0.339 e. The average molecular weight is 383 g/mol. The van der Waals surface area contributed by atoms with E-state index in [-0.39, 0.29) is 11.5 Å². The summed E-state index contributed by atoms with van der Waals surface area (Å²) in [7, 11) is 0. The van der Waals surface area contributed by atoms with Gasteiger partial charge >= 0.3 is 5.97 Å².